The summed E-state index contributed by atoms with van der Waals surface area (Å²) in [5, 5.41) is 4.12. The van der Waals surface area contributed by atoms with Gasteiger partial charge in [0.2, 0.25) is 6.79 Å². The van der Waals surface area contributed by atoms with Gasteiger partial charge in [-0.2, -0.15) is 5.10 Å². The predicted molar refractivity (Wildman–Crippen MR) is 61.8 cm³/mol. The van der Waals surface area contributed by atoms with Gasteiger partial charge < -0.3 is 15.2 Å². The van der Waals surface area contributed by atoms with Crippen LogP contribution in [0.1, 0.15) is 17.2 Å². The van der Waals surface area contributed by atoms with Crippen molar-refractivity contribution >= 4 is 0 Å². The molecule has 1 aliphatic heterocycles. The molecule has 0 saturated heterocycles. The average molecular weight is 231 g/mol. The molecule has 17 heavy (non-hydrogen) atoms. The normalized spacial score (nSPS) is 14.9. The van der Waals surface area contributed by atoms with Crippen molar-refractivity contribution in [2.24, 2.45) is 12.8 Å². The summed E-state index contributed by atoms with van der Waals surface area (Å²) in [6.07, 6.45) is 3.69. The number of fused-ring (bicyclic) bond motifs is 1. The number of hydrogen-bond donors (Lipinski definition) is 1. The van der Waals surface area contributed by atoms with Crippen molar-refractivity contribution in [1.29, 1.82) is 0 Å². The zero-order valence-corrected chi connectivity index (χ0v) is 9.46. The Balaban J connectivity index is 1.94. The van der Waals surface area contributed by atoms with Crippen molar-refractivity contribution < 1.29 is 9.47 Å². The average Bonchev–Trinajstić information content (AvgIpc) is 2.95. The monoisotopic (exact) mass is 231 g/mol. The summed E-state index contributed by atoms with van der Waals surface area (Å²) in [6, 6.07) is 5.55. The zero-order chi connectivity index (χ0) is 11.8. The lowest BCUT2D eigenvalue weighted by atomic mass is 10.0. The van der Waals surface area contributed by atoms with Crippen LogP contribution in [0.3, 0.4) is 0 Å². The zero-order valence-electron chi connectivity index (χ0n) is 9.46. The second kappa shape index (κ2) is 3.78. The molecular weight excluding hydrogens is 218 g/mol. The van der Waals surface area contributed by atoms with E-state index in [4.69, 9.17) is 15.2 Å². The molecule has 0 bridgehead atoms. The third kappa shape index (κ3) is 1.74. The second-order valence-electron chi connectivity index (χ2n) is 4.04. The van der Waals surface area contributed by atoms with E-state index in [2.05, 4.69) is 5.10 Å². The predicted octanol–water partition coefficient (Wildman–Crippen LogP) is 1.20. The molecule has 0 amide bonds. The minimum Gasteiger partial charge on any atom is -0.454 e. The number of nitrogens with two attached hydrogens (primary N) is 1. The maximum Gasteiger partial charge on any atom is 0.231 e. The van der Waals surface area contributed by atoms with Gasteiger partial charge in [-0.25, -0.2) is 0 Å². The molecule has 1 aromatic heterocycles. The number of nitrogens with zero attached hydrogens (tertiary/aromatic N) is 2. The highest BCUT2D eigenvalue weighted by molar-refractivity contribution is 5.46. The Morgan fingerprint density at radius 1 is 1.29 bits per heavy atom. The highest BCUT2D eigenvalue weighted by Gasteiger charge is 2.17. The number of ether oxygens (including phenoxy) is 2. The van der Waals surface area contributed by atoms with Crippen LogP contribution >= 0.6 is 0 Å². The van der Waals surface area contributed by atoms with E-state index in [1.165, 1.54) is 0 Å². The molecule has 0 fully saturated rings. The molecule has 1 atom stereocenters. The summed E-state index contributed by atoms with van der Waals surface area (Å²) in [5.41, 5.74) is 8.14. The maximum atomic E-state index is 6.17. The quantitative estimate of drug-likeness (QED) is 0.843. The van der Waals surface area contributed by atoms with Crippen molar-refractivity contribution in [2.45, 2.75) is 6.04 Å². The highest BCUT2D eigenvalue weighted by atomic mass is 16.7. The third-order valence-electron chi connectivity index (χ3n) is 2.84. The van der Waals surface area contributed by atoms with Gasteiger partial charge in [0, 0.05) is 18.8 Å². The topological polar surface area (TPSA) is 62.3 Å². The van der Waals surface area contributed by atoms with E-state index in [1.54, 1.807) is 10.9 Å². The Kier molecular flexibility index (Phi) is 2.26. The molecule has 5 nitrogen and oxygen atoms in total. The highest BCUT2D eigenvalue weighted by Crippen LogP contribution is 2.34. The van der Waals surface area contributed by atoms with Crippen molar-refractivity contribution in [3.05, 3.63) is 41.7 Å². The van der Waals surface area contributed by atoms with Gasteiger partial charge in [0.15, 0.2) is 11.5 Å². The molecular formula is C12H13N3O2. The number of aromatic nitrogens is 2. The fraction of sp³-hybridized carbons (Fsp3) is 0.250. The molecule has 0 spiro atoms. The lowest BCUT2D eigenvalue weighted by Crippen LogP contribution is -2.10. The van der Waals surface area contributed by atoms with Crippen LogP contribution in [0.25, 0.3) is 0 Å². The lowest BCUT2D eigenvalue weighted by Gasteiger charge is -2.10. The van der Waals surface area contributed by atoms with E-state index in [0.717, 1.165) is 22.6 Å². The first-order chi connectivity index (χ1) is 8.24. The molecule has 2 heterocycles. The van der Waals surface area contributed by atoms with Gasteiger partial charge in [0.05, 0.1) is 12.2 Å². The Morgan fingerprint density at radius 3 is 2.88 bits per heavy atom. The van der Waals surface area contributed by atoms with Crippen molar-refractivity contribution in [1.82, 2.24) is 9.78 Å². The first-order valence-electron chi connectivity index (χ1n) is 5.38. The van der Waals surface area contributed by atoms with Crippen molar-refractivity contribution in [3.8, 4) is 11.5 Å². The number of rotatable bonds is 2. The van der Waals surface area contributed by atoms with E-state index in [0.29, 0.717) is 0 Å². The van der Waals surface area contributed by atoms with Crippen molar-refractivity contribution in [2.75, 3.05) is 6.79 Å². The number of aryl methyl sites for hydroxylation is 1. The molecule has 0 aliphatic carbocycles. The standard InChI is InChI=1S/C12H13N3O2/c1-15-6-9(5-14-15)12(13)8-2-3-10-11(4-8)17-7-16-10/h2-6,12H,7,13H2,1H3. The molecule has 3 rings (SSSR count). The minimum atomic E-state index is -0.196. The third-order valence-corrected chi connectivity index (χ3v) is 2.84. The van der Waals surface area contributed by atoms with Crippen LogP contribution in [0, 0.1) is 0 Å². The van der Waals surface area contributed by atoms with Crippen LogP contribution in [0.5, 0.6) is 11.5 Å². The fourth-order valence-corrected chi connectivity index (χ4v) is 1.90. The number of hydrogen-bond acceptors (Lipinski definition) is 4. The first-order valence-corrected chi connectivity index (χ1v) is 5.38. The summed E-state index contributed by atoms with van der Waals surface area (Å²) in [7, 11) is 1.87. The van der Waals surface area contributed by atoms with Gasteiger partial charge >= 0.3 is 0 Å². The van der Waals surface area contributed by atoms with E-state index < -0.39 is 0 Å². The van der Waals surface area contributed by atoms with Crippen LogP contribution < -0.4 is 15.2 Å². The Labute approximate surface area is 98.8 Å². The molecule has 88 valence electrons. The van der Waals surface area contributed by atoms with Crippen LogP contribution in [-0.2, 0) is 7.05 Å². The molecule has 1 aromatic carbocycles. The summed E-state index contributed by atoms with van der Waals surface area (Å²) in [4.78, 5) is 0. The van der Waals surface area contributed by atoms with E-state index >= 15 is 0 Å². The first kappa shape index (κ1) is 10.2. The molecule has 2 aromatic rings. The minimum absolute atomic E-state index is 0.196. The number of benzene rings is 1. The van der Waals surface area contributed by atoms with E-state index in [1.807, 2.05) is 31.4 Å². The fourth-order valence-electron chi connectivity index (χ4n) is 1.90. The maximum absolute atomic E-state index is 6.17. The summed E-state index contributed by atoms with van der Waals surface area (Å²) < 4.78 is 12.3. The molecule has 2 N–H and O–H groups in total. The Morgan fingerprint density at radius 2 is 2.12 bits per heavy atom. The Hall–Kier alpha value is -2.01. The van der Waals surface area contributed by atoms with Crippen LogP contribution in [-0.4, -0.2) is 16.6 Å². The van der Waals surface area contributed by atoms with Crippen LogP contribution in [0.4, 0.5) is 0 Å². The van der Waals surface area contributed by atoms with E-state index in [9.17, 15) is 0 Å². The van der Waals surface area contributed by atoms with Gasteiger partial charge in [-0.1, -0.05) is 6.07 Å². The van der Waals surface area contributed by atoms with Crippen molar-refractivity contribution in [3.63, 3.8) is 0 Å². The summed E-state index contributed by atoms with van der Waals surface area (Å²) in [5.74, 6) is 1.52. The molecule has 0 radical (unpaired) electrons. The van der Waals surface area contributed by atoms with Gasteiger partial charge in [-0.15, -0.1) is 0 Å². The molecule has 1 unspecified atom stereocenters. The smallest absolute Gasteiger partial charge is 0.231 e. The summed E-state index contributed by atoms with van der Waals surface area (Å²) in [6.45, 7) is 0.279. The molecule has 1 aliphatic rings. The second-order valence-corrected chi connectivity index (χ2v) is 4.04. The lowest BCUT2D eigenvalue weighted by molar-refractivity contribution is 0.174. The van der Waals surface area contributed by atoms with Gasteiger partial charge in [-0.05, 0) is 17.7 Å². The summed E-state index contributed by atoms with van der Waals surface area (Å²) >= 11 is 0. The SMILES string of the molecule is Cn1cc(C(N)c2ccc3c(c2)OCO3)cn1. The molecule has 0 saturated carbocycles. The largest absolute Gasteiger partial charge is 0.454 e. The Bertz CT molecular complexity index is 550. The van der Waals surface area contributed by atoms with Gasteiger partial charge in [-0.3, -0.25) is 4.68 Å². The van der Waals surface area contributed by atoms with Crippen LogP contribution in [0.2, 0.25) is 0 Å². The van der Waals surface area contributed by atoms with Gasteiger partial charge in [0.25, 0.3) is 0 Å². The van der Waals surface area contributed by atoms with Gasteiger partial charge in [0.1, 0.15) is 0 Å². The van der Waals surface area contributed by atoms with Crippen LogP contribution in [0.15, 0.2) is 30.6 Å². The van der Waals surface area contributed by atoms with E-state index in [-0.39, 0.29) is 12.8 Å². The molecule has 5 heteroatoms.